The summed E-state index contributed by atoms with van der Waals surface area (Å²) in [6.45, 7) is 1.29. The molecule has 7 nitrogen and oxygen atoms in total. The second kappa shape index (κ2) is 6.51. The van der Waals surface area contributed by atoms with Gasteiger partial charge >= 0.3 is 0 Å². The summed E-state index contributed by atoms with van der Waals surface area (Å²) in [5, 5.41) is 0.558. The molecule has 19 heavy (non-hydrogen) atoms. The summed E-state index contributed by atoms with van der Waals surface area (Å²) >= 11 is 1.09. The van der Waals surface area contributed by atoms with Crippen molar-refractivity contribution in [1.82, 2.24) is 8.68 Å². The standard InChI is InChI=1S/C10H20N4O3S2/c1-13(2)19(15,16)8-9(11)12-18-10(8)14(3)6-5-7-17-4/h5-7H2,1-4H3,(H2,11,12). The monoisotopic (exact) mass is 308 g/mol. The molecular weight excluding hydrogens is 288 g/mol. The third-order valence-corrected chi connectivity index (χ3v) is 5.57. The molecule has 9 heteroatoms. The lowest BCUT2D eigenvalue weighted by atomic mass is 10.4. The van der Waals surface area contributed by atoms with Crippen molar-refractivity contribution >= 4 is 32.4 Å². The Labute approximate surface area is 118 Å². The van der Waals surface area contributed by atoms with E-state index < -0.39 is 10.0 Å². The number of aromatic nitrogens is 1. The lowest BCUT2D eigenvalue weighted by molar-refractivity contribution is 0.196. The van der Waals surface area contributed by atoms with Gasteiger partial charge in [0, 0.05) is 41.4 Å². The average Bonchev–Trinajstić information content (AvgIpc) is 2.71. The van der Waals surface area contributed by atoms with Crippen molar-refractivity contribution in [2.75, 3.05) is 52.0 Å². The Balaban J connectivity index is 3.04. The zero-order chi connectivity index (χ0) is 14.6. The van der Waals surface area contributed by atoms with E-state index in [1.54, 1.807) is 7.11 Å². The molecule has 110 valence electrons. The second-order valence-corrected chi connectivity index (χ2v) is 7.10. The summed E-state index contributed by atoms with van der Waals surface area (Å²) in [5.41, 5.74) is 5.70. The zero-order valence-corrected chi connectivity index (χ0v) is 13.2. The minimum absolute atomic E-state index is 0.0484. The van der Waals surface area contributed by atoms with E-state index in [-0.39, 0.29) is 10.7 Å². The van der Waals surface area contributed by atoms with Gasteiger partial charge in [0.25, 0.3) is 0 Å². The van der Waals surface area contributed by atoms with Crippen molar-refractivity contribution in [3.8, 4) is 0 Å². The van der Waals surface area contributed by atoms with Crippen molar-refractivity contribution in [3.05, 3.63) is 0 Å². The number of hydrogen-bond donors (Lipinski definition) is 1. The molecule has 1 heterocycles. The van der Waals surface area contributed by atoms with Crippen LogP contribution in [0.2, 0.25) is 0 Å². The largest absolute Gasteiger partial charge is 0.385 e. The van der Waals surface area contributed by atoms with Gasteiger partial charge in [-0.25, -0.2) is 12.7 Å². The Morgan fingerprint density at radius 1 is 1.37 bits per heavy atom. The predicted molar refractivity (Wildman–Crippen MR) is 77.2 cm³/mol. The Morgan fingerprint density at radius 2 is 2.00 bits per heavy atom. The third-order valence-electron chi connectivity index (χ3n) is 2.58. The van der Waals surface area contributed by atoms with Crippen LogP contribution in [0.15, 0.2) is 4.90 Å². The molecule has 0 aliphatic heterocycles. The van der Waals surface area contributed by atoms with Gasteiger partial charge in [-0.15, -0.1) is 0 Å². The lowest BCUT2D eigenvalue weighted by Gasteiger charge is -2.19. The molecule has 0 unspecified atom stereocenters. The molecule has 0 spiro atoms. The van der Waals surface area contributed by atoms with Crippen molar-refractivity contribution < 1.29 is 13.2 Å². The van der Waals surface area contributed by atoms with Gasteiger partial charge in [0.05, 0.1) is 0 Å². The molecule has 0 atom stereocenters. The van der Waals surface area contributed by atoms with Crippen molar-refractivity contribution in [3.63, 3.8) is 0 Å². The molecule has 0 amide bonds. The highest BCUT2D eigenvalue weighted by Crippen LogP contribution is 2.35. The van der Waals surface area contributed by atoms with E-state index in [1.165, 1.54) is 14.1 Å². The van der Waals surface area contributed by atoms with E-state index >= 15 is 0 Å². The molecule has 0 radical (unpaired) electrons. The summed E-state index contributed by atoms with van der Waals surface area (Å²) < 4.78 is 34.5. The second-order valence-electron chi connectivity index (χ2n) is 4.26. The fourth-order valence-electron chi connectivity index (χ4n) is 1.50. The van der Waals surface area contributed by atoms with Crippen LogP contribution in [0.3, 0.4) is 0 Å². The first-order valence-electron chi connectivity index (χ1n) is 5.70. The predicted octanol–water partition coefficient (Wildman–Crippen LogP) is 0.448. The molecule has 1 aromatic rings. The molecule has 0 fully saturated rings. The summed E-state index contributed by atoms with van der Waals surface area (Å²) in [7, 11) is 2.81. The first-order valence-corrected chi connectivity index (χ1v) is 7.91. The van der Waals surface area contributed by atoms with Crippen LogP contribution >= 0.6 is 11.5 Å². The summed E-state index contributed by atoms with van der Waals surface area (Å²) in [5.74, 6) is 0.0484. The Morgan fingerprint density at radius 3 is 2.53 bits per heavy atom. The number of nitrogen functional groups attached to an aromatic ring is 1. The maximum atomic E-state index is 12.2. The molecule has 0 aromatic carbocycles. The van der Waals surface area contributed by atoms with Crippen molar-refractivity contribution in [2.24, 2.45) is 0 Å². The number of rotatable bonds is 7. The summed E-state index contributed by atoms with van der Waals surface area (Å²) in [6.07, 6.45) is 0.798. The number of sulfonamides is 1. The maximum Gasteiger partial charge on any atom is 0.249 e. The number of nitrogens with two attached hydrogens (primary N) is 1. The Bertz CT molecular complexity index is 513. The molecule has 2 N–H and O–H groups in total. The van der Waals surface area contributed by atoms with Gasteiger partial charge in [-0.05, 0) is 18.0 Å². The van der Waals surface area contributed by atoms with Crippen LogP contribution in [0.25, 0.3) is 0 Å². The fraction of sp³-hybridized carbons (Fsp3) is 0.700. The number of anilines is 2. The molecule has 0 saturated heterocycles. The van der Waals surface area contributed by atoms with Gasteiger partial charge in [-0.3, -0.25) is 0 Å². The SMILES string of the molecule is COCCCN(C)c1snc(N)c1S(=O)(=O)N(C)C. The quantitative estimate of drug-likeness (QED) is 0.736. The van der Waals surface area contributed by atoms with Crippen LogP contribution in [-0.4, -0.2) is 58.5 Å². The van der Waals surface area contributed by atoms with Crippen molar-refractivity contribution in [2.45, 2.75) is 11.3 Å². The van der Waals surface area contributed by atoms with Crippen LogP contribution < -0.4 is 10.6 Å². The van der Waals surface area contributed by atoms with E-state index in [2.05, 4.69) is 4.37 Å². The molecule has 0 bridgehead atoms. The van der Waals surface area contributed by atoms with Crippen LogP contribution in [0.5, 0.6) is 0 Å². The highest BCUT2D eigenvalue weighted by atomic mass is 32.2. The average molecular weight is 308 g/mol. The van der Waals surface area contributed by atoms with Crippen LogP contribution in [0.4, 0.5) is 10.8 Å². The summed E-state index contributed by atoms with van der Waals surface area (Å²) in [4.78, 5) is 1.92. The van der Waals surface area contributed by atoms with E-state index in [0.29, 0.717) is 18.2 Å². The topological polar surface area (TPSA) is 88.8 Å². The van der Waals surface area contributed by atoms with Crippen LogP contribution in [-0.2, 0) is 14.8 Å². The van der Waals surface area contributed by atoms with E-state index in [9.17, 15) is 8.42 Å². The minimum atomic E-state index is -3.59. The Kier molecular flexibility index (Phi) is 5.53. The summed E-state index contributed by atoms with van der Waals surface area (Å²) in [6, 6.07) is 0. The molecule has 1 aromatic heterocycles. The molecule has 0 aliphatic rings. The first-order chi connectivity index (χ1) is 8.82. The van der Waals surface area contributed by atoms with E-state index in [4.69, 9.17) is 10.5 Å². The fourth-order valence-corrected chi connectivity index (χ4v) is 3.73. The minimum Gasteiger partial charge on any atom is -0.385 e. The highest BCUT2D eigenvalue weighted by Gasteiger charge is 2.29. The van der Waals surface area contributed by atoms with E-state index in [1.807, 2.05) is 11.9 Å². The van der Waals surface area contributed by atoms with Gasteiger partial charge in [0.15, 0.2) is 10.7 Å². The number of methoxy groups -OCH3 is 1. The lowest BCUT2D eigenvalue weighted by Crippen LogP contribution is -2.26. The van der Waals surface area contributed by atoms with Gasteiger partial charge in [0.2, 0.25) is 10.0 Å². The van der Waals surface area contributed by atoms with Crippen LogP contribution in [0.1, 0.15) is 6.42 Å². The third kappa shape index (κ3) is 3.56. The Hall–Kier alpha value is -0.900. The van der Waals surface area contributed by atoms with Gasteiger partial charge in [0.1, 0.15) is 5.00 Å². The smallest absolute Gasteiger partial charge is 0.249 e. The highest BCUT2D eigenvalue weighted by molar-refractivity contribution is 7.89. The molecule has 0 saturated carbocycles. The normalized spacial score (nSPS) is 12.1. The van der Waals surface area contributed by atoms with Gasteiger partial charge < -0.3 is 15.4 Å². The number of ether oxygens (including phenoxy) is 1. The number of nitrogens with zero attached hydrogens (tertiary/aromatic N) is 3. The molecular formula is C10H20N4O3S2. The number of hydrogen-bond acceptors (Lipinski definition) is 7. The van der Waals surface area contributed by atoms with Gasteiger partial charge in [-0.1, -0.05) is 0 Å². The first kappa shape index (κ1) is 16.2. The van der Waals surface area contributed by atoms with Crippen molar-refractivity contribution in [1.29, 1.82) is 0 Å². The van der Waals surface area contributed by atoms with E-state index in [0.717, 1.165) is 22.3 Å². The molecule has 1 rings (SSSR count). The van der Waals surface area contributed by atoms with Crippen LogP contribution in [0, 0.1) is 0 Å². The van der Waals surface area contributed by atoms with Gasteiger partial charge in [-0.2, -0.15) is 4.37 Å². The zero-order valence-electron chi connectivity index (χ0n) is 11.6. The maximum absolute atomic E-state index is 12.2. The molecule has 0 aliphatic carbocycles.